The van der Waals surface area contributed by atoms with E-state index in [-0.39, 0.29) is 11.7 Å². The van der Waals surface area contributed by atoms with Crippen molar-refractivity contribution >= 4 is 21.6 Å². The molecule has 120 valence electrons. The summed E-state index contributed by atoms with van der Waals surface area (Å²) in [5, 5.41) is 0. The van der Waals surface area contributed by atoms with Crippen LogP contribution in [0.3, 0.4) is 0 Å². The molecule has 0 unspecified atom stereocenters. The lowest BCUT2D eigenvalue weighted by Gasteiger charge is -2.29. The number of hydrogen-bond donors (Lipinski definition) is 0. The Labute approximate surface area is 132 Å². The van der Waals surface area contributed by atoms with Crippen LogP contribution in [0.25, 0.3) is 0 Å². The number of anilines is 1. The zero-order valence-electron chi connectivity index (χ0n) is 12.7. The lowest BCUT2D eigenvalue weighted by molar-refractivity contribution is 0.0724. The van der Waals surface area contributed by atoms with Crippen molar-refractivity contribution in [1.82, 2.24) is 4.90 Å². The number of piperidine rings is 1. The highest BCUT2D eigenvalue weighted by Crippen LogP contribution is 2.24. The second-order valence-electron chi connectivity index (χ2n) is 5.99. The van der Waals surface area contributed by atoms with Crippen LogP contribution in [0.15, 0.2) is 24.3 Å². The zero-order valence-corrected chi connectivity index (χ0v) is 13.5. The van der Waals surface area contributed by atoms with E-state index >= 15 is 0 Å². The van der Waals surface area contributed by atoms with E-state index in [4.69, 9.17) is 0 Å². The molecule has 3 rings (SSSR count). The van der Waals surface area contributed by atoms with E-state index in [1.807, 2.05) is 4.90 Å². The quantitative estimate of drug-likeness (QED) is 0.839. The molecule has 2 heterocycles. The van der Waals surface area contributed by atoms with Gasteiger partial charge in [0.1, 0.15) is 0 Å². The van der Waals surface area contributed by atoms with Crippen LogP contribution in [0.4, 0.5) is 5.69 Å². The molecule has 1 amide bonds. The second-order valence-corrected chi connectivity index (χ2v) is 8.01. The summed E-state index contributed by atoms with van der Waals surface area (Å²) in [4.78, 5) is 14.3. The third-order valence-corrected chi connectivity index (χ3v) is 6.26. The molecule has 0 radical (unpaired) electrons. The fourth-order valence-electron chi connectivity index (χ4n) is 3.13. The molecule has 0 saturated carbocycles. The van der Waals surface area contributed by atoms with Gasteiger partial charge in [-0.15, -0.1) is 0 Å². The van der Waals surface area contributed by atoms with Gasteiger partial charge in [-0.2, -0.15) is 0 Å². The molecule has 22 heavy (non-hydrogen) atoms. The molecule has 2 aliphatic heterocycles. The Hall–Kier alpha value is -1.56. The summed E-state index contributed by atoms with van der Waals surface area (Å²) in [6, 6.07) is 6.99. The number of carbonyl (C=O) groups is 1. The molecular formula is C16H22N2O3S. The molecule has 6 heteroatoms. The first-order chi connectivity index (χ1) is 10.6. The lowest BCUT2D eigenvalue weighted by atomic mass is 10.1. The Kier molecular flexibility index (Phi) is 4.38. The van der Waals surface area contributed by atoms with Crippen LogP contribution >= 0.6 is 0 Å². The van der Waals surface area contributed by atoms with Crippen LogP contribution in [-0.4, -0.2) is 44.6 Å². The Morgan fingerprint density at radius 1 is 0.864 bits per heavy atom. The number of likely N-dealkylation sites (tertiary alicyclic amines) is 1. The maximum atomic E-state index is 12.4. The minimum atomic E-state index is -3.19. The molecule has 2 fully saturated rings. The van der Waals surface area contributed by atoms with Gasteiger partial charge in [-0.3, -0.25) is 9.10 Å². The molecule has 0 bridgehead atoms. The molecule has 0 aliphatic carbocycles. The summed E-state index contributed by atoms with van der Waals surface area (Å²) < 4.78 is 25.7. The average Bonchev–Trinajstić information content (AvgIpc) is 2.55. The summed E-state index contributed by atoms with van der Waals surface area (Å²) in [6.45, 7) is 2.17. The molecule has 2 saturated heterocycles. The predicted octanol–water partition coefficient (Wildman–Crippen LogP) is 2.24. The van der Waals surface area contributed by atoms with Crippen molar-refractivity contribution < 1.29 is 13.2 Å². The minimum Gasteiger partial charge on any atom is -0.339 e. The average molecular weight is 322 g/mol. The van der Waals surface area contributed by atoms with Crippen molar-refractivity contribution in [1.29, 1.82) is 0 Å². The van der Waals surface area contributed by atoms with Gasteiger partial charge in [0.25, 0.3) is 5.91 Å². The van der Waals surface area contributed by atoms with Gasteiger partial charge in [-0.1, -0.05) is 0 Å². The van der Waals surface area contributed by atoms with Crippen molar-refractivity contribution in [2.75, 3.05) is 29.7 Å². The molecule has 0 aromatic heterocycles. The van der Waals surface area contributed by atoms with E-state index < -0.39 is 10.0 Å². The molecule has 1 aromatic carbocycles. The summed E-state index contributed by atoms with van der Waals surface area (Å²) in [6.07, 6.45) is 4.93. The maximum absolute atomic E-state index is 12.4. The first-order valence-corrected chi connectivity index (χ1v) is 9.59. The van der Waals surface area contributed by atoms with E-state index in [1.54, 1.807) is 24.3 Å². The molecule has 2 aliphatic rings. The highest BCUT2D eigenvalue weighted by atomic mass is 32.2. The Morgan fingerprint density at radius 2 is 1.50 bits per heavy atom. The van der Waals surface area contributed by atoms with Crippen LogP contribution in [0, 0.1) is 0 Å². The summed E-state index contributed by atoms with van der Waals surface area (Å²) in [5.74, 6) is 0.259. The highest BCUT2D eigenvalue weighted by molar-refractivity contribution is 7.92. The number of nitrogens with zero attached hydrogens (tertiary/aromatic N) is 2. The standard InChI is InChI=1S/C16H22N2O3S/c19-16(17-10-2-1-3-11-17)14-6-8-15(9-7-14)18-12-4-5-13-22(18,20)21/h6-9H,1-5,10-13H2. The predicted molar refractivity (Wildman–Crippen MR) is 86.6 cm³/mol. The van der Waals surface area contributed by atoms with Crippen molar-refractivity contribution in [2.24, 2.45) is 0 Å². The van der Waals surface area contributed by atoms with Crippen molar-refractivity contribution in [3.8, 4) is 0 Å². The Bertz CT molecular complexity index is 634. The number of amides is 1. The summed E-state index contributed by atoms with van der Waals surface area (Å²) in [5.41, 5.74) is 1.30. The molecular weight excluding hydrogens is 300 g/mol. The topological polar surface area (TPSA) is 57.7 Å². The number of carbonyl (C=O) groups excluding carboxylic acids is 1. The van der Waals surface area contributed by atoms with E-state index in [0.29, 0.717) is 17.8 Å². The monoisotopic (exact) mass is 322 g/mol. The van der Waals surface area contributed by atoms with Crippen LogP contribution in [0.5, 0.6) is 0 Å². The van der Waals surface area contributed by atoms with E-state index in [2.05, 4.69) is 0 Å². The fourth-order valence-corrected chi connectivity index (χ4v) is 4.77. The van der Waals surface area contributed by atoms with Crippen molar-refractivity contribution in [3.63, 3.8) is 0 Å². The van der Waals surface area contributed by atoms with Crippen molar-refractivity contribution in [2.45, 2.75) is 32.1 Å². The van der Waals surface area contributed by atoms with Gasteiger partial charge in [-0.05, 0) is 56.4 Å². The van der Waals surface area contributed by atoms with Gasteiger partial charge in [0.2, 0.25) is 10.0 Å². The first-order valence-electron chi connectivity index (χ1n) is 7.98. The lowest BCUT2D eigenvalue weighted by Crippen LogP contribution is -2.38. The number of sulfonamides is 1. The van der Waals surface area contributed by atoms with Gasteiger partial charge in [0.15, 0.2) is 0 Å². The van der Waals surface area contributed by atoms with E-state index in [1.165, 1.54) is 10.7 Å². The minimum absolute atomic E-state index is 0.0488. The van der Waals surface area contributed by atoms with Crippen LogP contribution in [0.1, 0.15) is 42.5 Å². The van der Waals surface area contributed by atoms with Gasteiger partial charge in [-0.25, -0.2) is 8.42 Å². The largest absolute Gasteiger partial charge is 0.339 e. The third kappa shape index (κ3) is 3.11. The smallest absolute Gasteiger partial charge is 0.253 e. The highest BCUT2D eigenvalue weighted by Gasteiger charge is 2.26. The van der Waals surface area contributed by atoms with E-state index in [0.717, 1.165) is 38.8 Å². The Balaban J connectivity index is 1.76. The zero-order chi connectivity index (χ0) is 15.6. The summed E-state index contributed by atoms with van der Waals surface area (Å²) in [7, 11) is -3.19. The summed E-state index contributed by atoms with van der Waals surface area (Å²) >= 11 is 0. The number of hydrogen-bond acceptors (Lipinski definition) is 3. The SMILES string of the molecule is O=C(c1ccc(N2CCCCS2(=O)=O)cc1)N1CCCCC1. The van der Waals surface area contributed by atoms with Gasteiger partial charge < -0.3 is 4.90 Å². The first kappa shape index (κ1) is 15.3. The molecule has 1 aromatic rings. The van der Waals surface area contributed by atoms with Crippen LogP contribution in [0.2, 0.25) is 0 Å². The van der Waals surface area contributed by atoms with Gasteiger partial charge in [0, 0.05) is 25.2 Å². The molecule has 0 atom stereocenters. The van der Waals surface area contributed by atoms with Crippen LogP contribution in [-0.2, 0) is 10.0 Å². The number of rotatable bonds is 2. The molecule has 5 nitrogen and oxygen atoms in total. The Morgan fingerprint density at radius 3 is 2.14 bits per heavy atom. The third-order valence-electron chi connectivity index (χ3n) is 4.39. The number of benzene rings is 1. The van der Waals surface area contributed by atoms with Crippen LogP contribution < -0.4 is 4.31 Å². The van der Waals surface area contributed by atoms with E-state index in [9.17, 15) is 13.2 Å². The molecule has 0 N–H and O–H groups in total. The van der Waals surface area contributed by atoms with Gasteiger partial charge >= 0.3 is 0 Å². The van der Waals surface area contributed by atoms with Crippen molar-refractivity contribution in [3.05, 3.63) is 29.8 Å². The molecule has 0 spiro atoms. The maximum Gasteiger partial charge on any atom is 0.253 e. The van der Waals surface area contributed by atoms with Gasteiger partial charge in [0.05, 0.1) is 11.4 Å². The normalized spacial score (nSPS) is 21.6. The second kappa shape index (κ2) is 6.28. The fraction of sp³-hybridized carbons (Fsp3) is 0.562.